The lowest BCUT2D eigenvalue weighted by Gasteiger charge is -1.93. The van der Waals surface area contributed by atoms with Gasteiger partial charge >= 0.3 is 11.9 Å². The van der Waals surface area contributed by atoms with Gasteiger partial charge in [0, 0.05) is 24.4 Å². The first-order chi connectivity index (χ1) is 7.99. The molecule has 17 heavy (non-hydrogen) atoms. The number of hydrogen-bond acceptors (Lipinski definition) is 4. The van der Waals surface area contributed by atoms with E-state index in [9.17, 15) is 4.79 Å². The summed E-state index contributed by atoms with van der Waals surface area (Å²) in [7, 11) is 0. The molecule has 1 aliphatic heterocycles. The first-order valence-corrected chi connectivity index (χ1v) is 4.77. The van der Waals surface area contributed by atoms with Gasteiger partial charge in [0.05, 0.1) is 0 Å². The first kappa shape index (κ1) is 14.6. The number of Topliss-reactive ketones (excluding diaryl/α,β-unsaturated/α-hetero) is 1. The Morgan fingerprint density at radius 2 is 1.76 bits per heavy atom. The summed E-state index contributed by atoms with van der Waals surface area (Å²) in [4.78, 5) is 29.3. The highest BCUT2D eigenvalue weighted by Gasteiger charge is 2.04. The van der Waals surface area contributed by atoms with Crippen LogP contribution >= 0.6 is 0 Å². The van der Waals surface area contributed by atoms with Crippen molar-refractivity contribution in [1.29, 1.82) is 0 Å². The number of carboxylic acid groups (broad SMARTS) is 2. The van der Waals surface area contributed by atoms with Gasteiger partial charge in [0.25, 0.3) is 0 Å². The summed E-state index contributed by atoms with van der Waals surface area (Å²) in [6.45, 7) is 1.86. The minimum Gasteiger partial charge on any atom is -0.473 e. The molecule has 0 amide bonds. The van der Waals surface area contributed by atoms with Crippen molar-refractivity contribution < 1.29 is 24.6 Å². The van der Waals surface area contributed by atoms with E-state index in [-0.39, 0.29) is 5.78 Å². The third kappa shape index (κ3) is 6.67. The van der Waals surface area contributed by atoms with Crippen molar-refractivity contribution in [1.82, 2.24) is 5.32 Å². The van der Waals surface area contributed by atoms with E-state index in [1.807, 2.05) is 19.1 Å². The van der Waals surface area contributed by atoms with Crippen LogP contribution in [-0.4, -0.2) is 27.9 Å². The van der Waals surface area contributed by atoms with Gasteiger partial charge in [-0.3, -0.25) is 4.79 Å². The van der Waals surface area contributed by atoms with E-state index in [1.54, 1.807) is 18.5 Å². The van der Waals surface area contributed by atoms with E-state index < -0.39 is 11.9 Å². The Hall–Kier alpha value is -2.37. The maximum Gasteiger partial charge on any atom is 0.414 e. The fraction of sp³-hybridized carbons (Fsp3) is 0.182. The van der Waals surface area contributed by atoms with Crippen LogP contribution in [0.15, 0.2) is 36.2 Å². The topological polar surface area (TPSA) is 104 Å². The number of nitrogens with one attached hydrogen (secondary N) is 1. The average molecular weight is 239 g/mol. The molecule has 0 aromatic carbocycles. The number of aliphatic carboxylic acids is 2. The molecular weight excluding hydrogens is 226 g/mol. The standard InChI is InChI=1S/C9H11NO.C2H2O4/c1-2-9(11)8-4-3-6-10-7-5-8;3-1(4)2(5)6/h3-7,10H,2H2,1H3;(H,3,4)(H,5,6). The molecule has 6 nitrogen and oxygen atoms in total. The van der Waals surface area contributed by atoms with E-state index in [1.165, 1.54) is 0 Å². The smallest absolute Gasteiger partial charge is 0.414 e. The zero-order valence-corrected chi connectivity index (χ0v) is 9.21. The summed E-state index contributed by atoms with van der Waals surface area (Å²) in [5.41, 5.74) is 0.758. The highest BCUT2D eigenvalue weighted by atomic mass is 16.4. The molecule has 0 radical (unpaired) electrons. The monoisotopic (exact) mass is 239 g/mol. The SMILES string of the molecule is CCC(=O)C1=CC=CNC=C1.O=C(O)C(=O)O. The molecule has 92 valence electrons. The number of carbonyl (C=O) groups is 3. The van der Waals surface area contributed by atoms with Gasteiger partial charge in [0.15, 0.2) is 5.78 Å². The van der Waals surface area contributed by atoms with Crippen molar-refractivity contribution in [2.45, 2.75) is 13.3 Å². The molecule has 0 spiro atoms. The minimum atomic E-state index is -1.82. The molecule has 0 aromatic rings. The van der Waals surface area contributed by atoms with Gasteiger partial charge in [-0.25, -0.2) is 9.59 Å². The molecule has 0 aromatic heterocycles. The van der Waals surface area contributed by atoms with Gasteiger partial charge in [-0.2, -0.15) is 0 Å². The van der Waals surface area contributed by atoms with Crippen LogP contribution in [0.5, 0.6) is 0 Å². The zero-order valence-electron chi connectivity index (χ0n) is 9.21. The number of allylic oxidation sites excluding steroid dienone is 4. The average Bonchev–Trinajstić information content (AvgIpc) is 2.57. The Balaban J connectivity index is 0.000000366. The third-order valence-corrected chi connectivity index (χ3v) is 1.65. The van der Waals surface area contributed by atoms with E-state index in [2.05, 4.69) is 5.32 Å². The molecular formula is C11H13NO5. The molecule has 0 saturated heterocycles. The summed E-state index contributed by atoms with van der Waals surface area (Å²) >= 11 is 0. The summed E-state index contributed by atoms with van der Waals surface area (Å²) in [6.07, 6.45) is 9.51. The second-order valence-corrected chi connectivity index (χ2v) is 2.87. The molecule has 0 bridgehead atoms. The molecule has 6 heteroatoms. The van der Waals surface area contributed by atoms with E-state index >= 15 is 0 Å². The number of carboxylic acids is 2. The van der Waals surface area contributed by atoms with Crippen LogP contribution in [0.4, 0.5) is 0 Å². The normalized spacial score (nSPS) is 12.4. The van der Waals surface area contributed by atoms with Crippen molar-refractivity contribution >= 4 is 17.7 Å². The Labute approximate surface area is 97.9 Å². The summed E-state index contributed by atoms with van der Waals surface area (Å²) in [6, 6.07) is 0. The lowest BCUT2D eigenvalue weighted by Crippen LogP contribution is -2.09. The zero-order chi connectivity index (χ0) is 13.3. The van der Waals surface area contributed by atoms with Crippen LogP contribution in [0, 0.1) is 0 Å². The summed E-state index contributed by atoms with van der Waals surface area (Å²) in [5, 5.41) is 17.7. The van der Waals surface area contributed by atoms with Crippen LogP contribution in [0.3, 0.4) is 0 Å². The number of rotatable bonds is 2. The molecule has 1 rings (SSSR count). The molecule has 1 aliphatic rings. The maximum absolute atomic E-state index is 11.1. The minimum absolute atomic E-state index is 0.176. The van der Waals surface area contributed by atoms with Crippen molar-refractivity contribution in [3.05, 3.63) is 36.2 Å². The highest BCUT2D eigenvalue weighted by molar-refractivity contribution is 6.27. The predicted molar refractivity (Wildman–Crippen MR) is 60.1 cm³/mol. The maximum atomic E-state index is 11.1. The molecule has 0 atom stereocenters. The van der Waals surface area contributed by atoms with Gasteiger partial charge in [-0.05, 0) is 18.2 Å². The van der Waals surface area contributed by atoms with Gasteiger partial charge in [0.2, 0.25) is 0 Å². The van der Waals surface area contributed by atoms with Gasteiger partial charge in [-0.15, -0.1) is 0 Å². The molecule has 0 fully saturated rings. The largest absolute Gasteiger partial charge is 0.473 e. The fourth-order valence-electron chi connectivity index (χ4n) is 0.846. The quantitative estimate of drug-likeness (QED) is 0.612. The van der Waals surface area contributed by atoms with Crippen LogP contribution in [0.1, 0.15) is 13.3 Å². The predicted octanol–water partition coefficient (Wildman–Crippen LogP) is 0.678. The first-order valence-electron chi connectivity index (χ1n) is 4.77. The molecule has 0 unspecified atom stereocenters. The van der Waals surface area contributed by atoms with Crippen LogP contribution in [0.2, 0.25) is 0 Å². The summed E-state index contributed by atoms with van der Waals surface area (Å²) < 4.78 is 0. The van der Waals surface area contributed by atoms with Gasteiger partial charge in [-0.1, -0.05) is 6.92 Å². The number of hydrogen-bond donors (Lipinski definition) is 3. The van der Waals surface area contributed by atoms with Crippen molar-refractivity contribution in [3.8, 4) is 0 Å². The van der Waals surface area contributed by atoms with Gasteiger partial charge < -0.3 is 15.5 Å². The fourth-order valence-corrected chi connectivity index (χ4v) is 0.846. The van der Waals surface area contributed by atoms with Crippen LogP contribution < -0.4 is 5.32 Å². The van der Waals surface area contributed by atoms with Crippen LogP contribution in [0.25, 0.3) is 0 Å². The second-order valence-electron chi connectivity index (χ2n) is 2.87. The van der Waals surface area contributed by atoms with Gasteiger partial charge in [0.1, 0.15) is 0 Å². The van der Waals surface area contributed by atoms with Crippen molar-refractivity contribution in [2.24, 2.45) is 0 Å². The molecule has 1 heterocycles. The second kappa shape index (κ2) is 7.86. The Morgan fingerprint density at radius 1 is 1.18 bits per heavy atom. The highest BCUT2D eigenvalue weighted by Crippen LogP contribution is 2.03. The van der Waals surface area contributed by atoms with Crippen molar-refractivity contribution in [2.75, 3.05) is 0 Å². The molecule has 3 N–H and O–H groups in total. The number of ketones is 1. The van der Waals surface area contributed by atoms with Crippen molar-refractivity contribution in [3.63, 3.8) is 0 Å². The van der Waals surface area contributed by atoms with E-state index in [0.29, 0.717) is 6.42 Å². The lowest BCUT2D eigenvalue weighted by atomic mass is 10.1. The lowest BCUT2D eigenvalue weighted by molar-refractivity contribution is -0.159. The van der Waals surface area contributed by atoms with Crippen LogP contribution in [-0.2, 0) is 14.4 Å². The Kier molecular flexibility index (Phi) is 6.77. The third-order valence-electron chi connectivity index (χ3n) is 1.65. The Bertz CT molecular complexity index is 381. The Morgan fingerprint density at radius 3 is 2.24 bits per heavy atom. The summed E-state index contributed by atoms with van der Waals surface area (Å²) in [5.74, 6) is -3.47. The van der Waals surface area contributed by atoms with E-state index in [4.69, 9.17) is 19.8 Å². The molecule has 0 saturated carbocycles. The number of carbonyl (C=O) groups excluding carboxylic acids is 1. The van der Waals surface area contributed by atoms with E-state index in [0.717, 1.165) is 5.57 Å². The molecule has 0 aliphatic carbocycles.